The topological polar surface area (TPSA) is 54.0 Å². The Bertz CT molecular complexity index is 684. The number of benzene rings is 1. The molecule has 0 N–H and O–H groups in total. The van der Waals surface area contributed by atoms with E-state index in [4.69, 9.17) is 18.9 Å². The minimum atomic E-state index is -0.541. The smallest absolute Gasteiger partial charge is 0.180 e. The molecular weight excluding hydrogens is 308 g/mol. The van der Waals surface area contributed by atoms with Crippen LogP contribution in [0.4, 0.5) is 0 Å². The van der Waals surface area contributed by atoms with Gasteiger partial charge in [-0.2, -0.15) is 0 Å². The van der Waals surface area contributed by atoms with Crippen LogP contribution in [0.1, 0.15) is 18.4 Å². The third-order valence-corrected chi connectivity index (χ3v) is 5.88. The van der Waals surface area contributed by atoms with Gasteiger partial charge in [-0.25, -0.2) is 0 Å². The highest BCUT2D eigenvalue weighted by molar-refractivity contribution is 5.92. The number of ketones is 1. The van der Waals surface area contributed by atoms with Crippen molar-refractivity contribution >= 4 is 5.78 Å². The molecule has 3 aliphatic rings. The van der Waals surface area contributed by atoms with Crippen molar-refractivity contribution in [1.82, 2.24) is 0 Å². The van der Waals surface area contributed by atoms with Crippen LogP contribution in [0.15, 0.2) is 30.9 Å². The Labute approximate surface area is 141 Å². The highest BCUT2D eigenvalue weighted by Gasteiger charge is 2.65. The van der Waals surface area contributed by atoms with Gasteiger partial charge >= 0.3 is 0 Å². The average molecular weight is 330 g/mol. The van der Waals surface area contributed by atoms with Crippen molar-refractivity contribution in [3.8, 4) is 11.5 Å². The summed E-state index contributed by atoms with van der Waals surface area (Å²) in [6.45, 7) is 4.28. The average Bonchev–Trinajstić information content (AvgIpc) is 3.16. The van der Waals surface area contributed by atoms with Crippen LogP contribution in [0, 0.1) is 11.8 Å². The number of methoxy groups -OCH3 is 2. The van der Waals surface area contributed by atoms with E-state index in [9.17, 15) is 4.79 Å². The lowest BCUT2D eigenvalue weighted by atomic mass is 9.62. The summed E-state index contributed by atoms with van der Waals surface area (Å²) in [6.07, 6.45) is 2.86. The van der Waals surface area contributed by atoms with Crippen LogP contribution in [0.3, 0.4) is 0 Å². The lowest BCUT2D eigenvalue weighted by Gasteiger charge is -2.39. The predicted octanol–water partition coefficient (Wildman–Crippen LogP) is 2.48. The molecule has 5 nitrogen and oxygen atoms in total. The van der Waals surface area contributed by atoms with E-state index in [1.807, 2.05) is 24.3 Å². The van der Waals surface area contributed by atoms with E-state index in [2.05, 4.69) is 6.58 Å². The predicted molar refractivity (Wildman–Crippen MR) is 87.3 cm³/mol. The second-order valence-corrected chi connectivity index (χ2v) is 6.76. The van der Waals surface area contributed by atoms with Crippen LogP contribution in [0.5, 0.6) is 11.5 Å². The summed E-state index contributed by atoms with van der Waals surface area (Å²) in [5.74, 6) is 1.57. The summed E-state index contributed by atoms with van der Waals surface area (Å²) in [5.41, 5.74) is 0.508. The third-order valence-electron chi connectivity index (χ3n) is 5.88. The number of fused-ring (bicyclic) bond motifs is 6. The summed E-state index contributed by atoms with van der Waals surface area (Å²) in [4.78, 5) is 13.1. The molecule has 2 fully saturated rings. The molecule has 1 aromatic rings. The first kappa shape index (κ1) is 15.7. The Hall–Kier alpha value is -1.85. The number of carbonyl (C=O) groups excluding carboxylic acids is 1. The van der Waals surface area contributed by atoms with Crippen molar-refractivity contribution < 1.29 is 23.7 Å². The molecule has 2 bridgehead atoms. The van der Waals surface area contributed by atoms with E-state index in [-0.39, 0.29) is 30.5 Å². The zero-order valence-electron chi connectivity index (χ0n) is 14.0. The third kappa shape index (κ3) is 1.85. The molecule has 0 aromatic heterocycles. The SMILES string of the molecule is C=CC12c3cccc(OC)c3OC1C(=O)C1CC2CC1OCOC. The van der Waals surface area contributed by atoms with Crippen LogP contribution in [-0.4, -0.2) is 39.0 Å². The van der Waals surface area contributed by atoms with Gasteiger partial charge in [-0.15, -0.1) is 6.58 Å². The Morgan fingerprint density at radius 3 is 2.92 bits per heavy atom. The molecule has 0 amide bonds. The molecule has 5 atom stereocenters. The summed E-state index contributed by atoms with van der Waals surface area (Å²) < 4.78 is 22.4. The largest absolute Gasteiger partial charge is 0.493 e. The van der Waals surface area contributed by atoms with Crippen molar-refractivity contribution in [1.29, 1.82) is 0 Å². The van der Waals surface area contributed by atoms with Crippen LogP contribution >= 0.6 is 0 Å². The van der Waals surface area contributed by atoms with Crippen molar-refractivity contribution in [2.24, 2.45) is 11.8 Å². The quantitative estimate of drug-likeness (QED) is 0.613. The number of Topliss-reactive ketones (excluding diaryl/α,β-unsaturated/α-hetero) is 1. The lowest BCUT2D eigenvalue weighted by Crippen LogP contribution is -2.52. The molecule has 1 aliphatic heterocycles. The van der Waals surface area contributed by atoms with E-state index in [1.165, 1.54) is 0 Å². The molecule has 4 rings (SSSR count). The van der Waals surface area contributed by atoms with Crippen LogP contribution in [-0.2, 0) is 19.7 Å². The summed E-state index contributed by atoms with van der Waals surface area (Å²) in [5, 5.41) is 0. The first-order chi connectivity index (χ1) is 11.7. The maximum absolute atomic E-state index is 13.1. The Balaban J connectivity index is 1.78. The number of ether oxygens (including phenoxy) is 4. The van der Waals surface area contributed by atoms with Gasteiger partial charge in [-0.1, -0.05) is 18.2 Å². The number of hydrogen-bond donors (Lipinski definition) is 0. The van der Waals surface area contributed by atoms with Gasteiger partial charge < -0.3 is 18.9 Å². The van der Waals surface area contributed by atoms with Gasteiger partial charge in [-0.3, -0.25) is 4.79 Å². The zero-order valence-corrected chi connectivity index (χ0v) is 14.0. The highest BCUT2D eigenvalue weighted by atomic mass is 16.7. The molecule has 0 spiro atoms. The second-order valence-electron chi connectivity index (χ2n) is 6.76. The fourth-order valence-corrected chi connectivity index (χ4v) is 4.83. The molecular formula is C19H22O5. The van der Waals surface area contributed by atoms with Gasteiger partial charge in [0, 0.05) is 18.6 Å². The molecule has 1 heterocycles. The van der Waals surface area contributed by atoms with Crippen molar-refractivity contribution in [3.05, 3.63) is 36.4 Å². The maximum Gasteiger partial charge on any atom is 0.180 e. The summed E-state index contributed by atoms with van der Waals surface area (Å²) >= 11 is 0. The van der Waals surface area contributed by atoms with Gasteiger partial charge in [0.2, 0.25) is 0 Å². The normalized spacial score (nSPS) is 36.0. The van der Waals surface area contributed by atoms with E-state index >= 15 is 0 Å². The van der Waals surface area contributed by atoms with Crippen LogP contribution < -0.4 is 9.47 Å². The van der Waals surface area contributed by atoms with Crippen molar-refractivity contribution in [2.75, 3.05) is 21.0 Å². The molecule has 0 saturated heterocycles. The molecule has 1 aromatic carbocycles. The van der Waals surface area contributed by atoms with Gasteiger partial charge in [0.05, 0.1) is 18.6 Å². The van der Waals surface area contributed by atoms with Crippen molar-refractivity contribution in [3.63, 3.8) is 0 Å². The Kier molecular flexibility index (Phi) is 3.66. The molecule has 0 radical (unpaired) electrons. The molecule has 2 aliphatic carbocycles. The summed E-state index contributed by atoms with van der Waals surface area (Å²) in [6, 6.07) is 5.83. The van der Waals surface area contributed by atoms with E-state index in [0.29, 0.717) is 11.5 Å². The van der Waals surface area contributed by atoms with E-state index < -0.39 is 11.5 Å². The Morgan fingerprint density at radius 2 is 2.21 bits per heavy atom. The van der Waals surface area contributed by atoms with Crippen LogP contribution in [0.25, 0.3) is 0 Å². The lowest BCUT2D eigenvalue weighted by molar-refractivity contribution is -0.140. The van der Waals surface area contributed by atoms with Gasteiger partial charge in [0.1, 0.15) is 6.79 Å². The number of carbonyl (C=O) groups is 1. The monoisotopic (exact) mass is 330 g/mol. The number of rotatable bonds is 5. The standard InChI is InChI=1S/C19H22O5/c1-4-19-11-8-12(15(9-11)23-10-21-2)16(20)18(19)24-17-13(19)6-5-7-14(17)22-3/h4-7,11-12,15,18H,1,8-10H2,2-3H3. The van der Waals surface area contributed by atoms with E-state index in [1.54, 1.807) is 14.2 Å². The minimum absolute atomic E-state index is 0.100. The molecule has 128 valence electrons. The first-order valence-electron chi connectivity index (χ1n) is 8.29. The fraction of sp³-hybridized carbons (Fsp3) is 0.526. The van der Waals surface area contributed by atoms with Gasteiger partial charge in [0.25, 0.3) is 0 Å². The van der Waals surface area contributed by atoms with Gasteiger partial charge in [0.15, 0.2) is 23.4 Å². The van der Waals surface area contributed by atoms with Gasteiger partial charge in [-0.05, 0) is 24.8 Å². The first-order valence-corrected chi connectivity index (χ1v) is 8.29. The Morgan fingerprint density at radius 1 is 1.38 bits per heavy atom. The molecule has 24 heavy (non-hydrogen) atoms. The molecule has 2 saturated carbocycles. The highest BCUT2D eigenvalue weighted by Crippen LogP contribution is 2.60. The van der Waals surface area contributed by atoms with E-state index in [0.717, 1.165) is 18.4 Å². The number of hydrogen-bond acceptors (Lipinski definition) is 5. The summed E-state index contributed by atoms with van der Waals surface area (Å²) in [7, 11) is 3.21. The number of para-hydroxylation sites is 1. The molecule has 5 heteroatoms. The maximum atomic E-state index is 13.1. The molecule has 5 unspecified atom stereocenters. The fourth-order valence-electron chi connectivity index (χ4n) is 4.83. The second kappa shape index (κ2) is 5.60. The van der Waals surface area contributed by atoms with Crippen LogP contribution in [0.2, 0.25) is 0 Å². The van der Waals surface area contributed by atoms with Crippen molar-refractivity contribution in [2.45, 2.75) is 30.5 Å². The zero-order chi connectivity index (χ0) is 16.9. The minimum Gasteiger partial charge on any atom is -0.493 e.